The second kappa shape index (κ2) is 10.7. The highest BCUT2D eigenvalue weighted by molar-refractivity contribution is 5.99. The Morgan fingerprint density at radius 1 is 1.03 bits per heavy atom. The molecule has 0 bridgehead atoms. The Morgan fingerprint density at radius 3 is 2.55 bits per heavy atom. The Bertz CT molecular complexity index is 1050. The average Bonchev–Trinajstić information content (AvgIpc) is 3.28. The third-order valence-corrected chi connectivity index (χ3v) is 4.12. The minimum Gasteiger partial charge on any atom is -0.452 e. The van der Waals surface area contributed by atoms with E-state index in [-0.39, 0.29) is 18.0 Å². The number of nitrogens with one attached hydrogen (secondary N) is 2. The Balaban J connectivity index is 1.64. The van der Waals surface area contributed by atoms with Gasteiger partial charge in [0.2, 0.25) is 5.89 Å². The summed E-state index contributed by atoms with van der Waals surface area (Å²) in [4.78, 5) is 40.2. The van der Waals surface area contributed by atoms with Crippen LogP contribution in [0.25, 0.3) is 22.8 Å². The minimum atomic E-state index is -0.761. The van der Waals surface area contributed by atoms with E-state index >= 15 is 0 Å². The van der Waals surface area contributed by atoms with Crippen molar-refractivity contribution >= 4 is 17.9 Å². The van der Waals surface area contributed by atoms with Crippen molar-refractivity contribution < 1.29 is 28.3 Å². The van der Waals surface area contributed by atoms with E-state index in [2.05, 4.69) is 15.6 Å². The topological polar surface area (TPSA) is 120 Å². The summed E-state index contributed by atoms with van der Waals surface area (Å²) < 4.78 is 15.6. The molecular formula is C22H21N3O6. The summed E-state index contributed by atoms with van der Waals surface area (Å²) in [5, 5.41) is 4.48. The van der Waals surface area contributed by atoms with Gasteiger partial charge in [0.15, 0.2) is 12.4 Å². The molecule has 0 aliphatic heterocycles. The standard InChI is InChI=1S/C22H21N3O6/c1-29-12-11-23-22(28)25-19(26)14-30-21(27)17-10-6-5-9-16(17)20-24-13-18(31-20)15-7-3-2-4-8-15/h2-10,13H,11-12,14H2,1H3,(H2,23,25,26,28). The van der Waals surface area contributed by atoms with E-state index in [9.17, 15) is 14.4 Å². The van der Waals surface area contributed by atoms with E-state index in [0.29, 0.717) is 17.9 Å². The van der Waals surface area contributed by atoms with Crippen LogP contribution in [0.4, 0.5) is 4.79 Å². The molecule has 2 aromatic carbocycles. The van der Waals surface area contributed by atoms with Crippen LogP contribution < -0.4 is 10.6 Å². The number of hydrogen-bond donors (Lipinski definition) is 2. The third-order valence-electron chi connectivity index (χ3n) is 4.12. The predicted molar refractivity (Wildman–Crippen MR) is 111 cm³/mol. The number of aromatic nitrogens is 1. The summed E-state index contributed by atoms with van der Waals surface area (Å²) in [6.07, 6.45) is 1.57. The number of esters is 1. The van der Waals surface area contributed by atoms with Crippen LogP contribution in [-0.4, -0.2) is 49.8 Å². The van der Waals surface area contributed by atoms with Gasteiger partial charge in [0.25, 0.3) is 5.91 Å². The zero-order valence-corrected chi connectivity index (χ0v) is 16.8. The van der Waals surface area contributed by atoms with Crippen molar-refractivity contribution in [1.29, 1.82) is 0 Å². The molecule has 2 N–H and O–H groups in total. The van der Waals surface area contributed by atoms with Crippen molar-refractivity contribution in [1.82, 2.24) is 15.6 Å². The molecule has 9 nitrogen and oxygen atoms in total. The quantitative estimate of drug-likeness (QED) is 0.422. The maximum Gasteiger partial charge on any atom is 0.339 e. The number of rotatable bonds is 8. The number of carbonyl (C=O) groups is 3. The van der Waals surface area contributed by atoms with E-state index in [0.717, 1.165) is 5.56 Å². The van der Waals surface area contributed by atoms with Gasteiger partial charge in [-0.05, 0) is 12.1 Å². The normalized spacial score (nSPS) is 10.4. The molecule has 0 saturated heterocycles. The first kappa shape index (κ1) is 21.7. The Labute approximate surface area is 178 Å². The lowest BCUT2D eigenvalue weighted by Crippen LogP contribution is -2.42. The van der Waals surface area contributed by atoms with Gasteiger partial charge >= 0.3 is 12.0 Å². The number of urea groups is 1. The lowest BCUT2D eigenvalue weighted by molar-refractivity contribution is -0.123. The summed E-state index contributed by atoms with van der Waals surface area (Å²) in [5.74, 6) is -0.709. The van der Waals surface area contributed by atoms with Gasteiger partial charge in [0, 0.05) is 19.2 Å². The van der Waals surface area contributed by atoms with Crippen LogP contribution in [0.2, 0.25) is 0 Å². The molecule has 0 atom stereocenters. The first-order valence-corrected chi connectivity index (χ1v) is 9.43. The average molecular weight is 423 g/mol. The fraction of sp³-hybridized carbons (Fsp3) is 0.182. The van der Waals surface area contributed by atoms with Crippen LogP contribution in [0.5, 0.6) is 0 Å². The highest BCUT2D eigenvalue weighted by Gasteiger charge is 2.19. The maximum absolute atomic E-state index is 12.5. The van der Waals surface area contributed by atoms with Crippen molar-refractivity contribution in [3.63, 3.8) is 0 Å². The van der Waals surface area contributed by atoms with Gasteiger partial charge in [-0.1, -0.05) is 42.5 Å². The van der Waals surface area contributed by atoms with Crippen molar-refractivity contribution in [3.05, 3.63) is 66.4 Å². The van der Waals surface area contributed by atoms with Crippen LogP contribution >= 0.6 is 0 Å². The molecule has 3 rings (SSSR count). The number of benzene rings is 2. The van der Waals surface area contributed by atoms with Gasteiger partial charge in [-0.2, -0.15) is 0 Å². The predicted octanol–water partition coefficient (Wildman–Crippen LogP) is 2.64. The molecule has 0 spiro atoms. The number of nitrogens with zero attached hydrogens (tertiary/aromatic N) is 1. The van der Waals surface area contributed by atoms with Crippen molar-refractivity contribution in [2.24, 2.45) is 0 Å². The summed E-state index contributed by atoms with van der Waals surface area (Å²) >= 11 is 0. The molecule has 0 unspecified atom stereocenters. The monoisotopic (exact) mass is 423 g/mol. The highest BCUT2D eigenvalue weighted by atomic mass is 16.5. The van der Waals surface area contributed by atoms with Crippen molar-refractivity contribution in [2.75, 3.05) is 26.9 Å². The van der Waals surface area contributed by atoms with E-state index in [4.69, 9.17) is 13.9 Å². The van der Waals surface area contributed by atoms with E-state index in [1.54, 1.807) is 30.5 Å². The number of oxazole rings is 1. The fourth-order valence-corrected chi connectivity index (χ4v) is 2.66. The lowest BCUT2D eigenvalue weighted by atomic mass is 10.1. The first-order valence-electron chi connectivity index (χ1n) is 9.43. The minimum absolute atomic E-state index is 0.182. The molecular weight excluding hydrogens is 402 g/mol. The summed E-state index contributed by atoms with van der Waals surface area (Å²) in [6, 6.07) is 15.3. The zero-order chi connectivity index (χ0) is 22.1. The van der Waals surface area contributed by atoms with E-state index in [1.807, 2.05) is 30.3 Å². The fourth-order valence-electron chi connectivity index (χ4n) is 2.66. The zero-order valence-electron chi connectivity index (χ0n) is 16.8. The number of hydrogen-bond acceptors (Lipinski definition) is 7. The van der Waals surface area contributed by atoms with Crippen molar-refractivity contribution in [2.45, 2.75) is 0 Å². The van der Waals surface area contributed by atoms with Crippen molar-refractivity contribution in [3.8, 4) is 22.8 Å². The summed E-state index contributed by atoms with van der Waals surface area (Å²) in [6.45, 7) is -0.0736. The molecule has 3 aromatic rings. The van der Waals surface area contributed by atoms with E-state index < -0.39 is 24.5 Å². The first-order chi connectivity index (χ1) is 15.1. The van der Waals surface area contributed by atoms with Crippen LogP contribution in [0.3, 0.4) is 0 Å². The molecule has 0 fully saturated rings. The van der Waals surface area contributed by atoms with Gasteiger partial charge in [0.05, 0.1) is 23.9 Å². The second-order valence-corrected chi connectivity index (χ2v) is 6.31. The molecule has 0 aliphatic rings. The van der Waals surface area contributed by atoms with Crippen LogP contribution in [0.15, 0.2) is 65.2 Å². The molecule has 31 heavy (non-hydrogen) atoms. The van der Waals surface area contributed by atoms with Gasteiger partial charge in [-0.25, -0.2) is 14.6 Å². The maximum atomic E-state index is 12.5. The number of amides is 3. The number of ether oxygens (including phenoxy) is 2. The Kier molecular flexibility index (Phi) is 7.50. The SMILES string of the molecule is COCCNC(=O)NC(=O)COC(=O)c1ccccc1-c1ncc(-c2ccccc2)o1. The van der Waals surface area contributed by atoms with Gasteiger partial charge in [-0.15, -0.1) is 0 Å². The molecule has 0 aliphatic carbocycles. The molecule has 1 aromatic heterocycles. The molecule has 3 amide bonds. The molecule has 9 heteroatoms. The Hall–Kier alpha value is -3.98. The summed E-state index contributed by atoms with van der Waals surface area (Å²) in [5.41, 5.74) is 1.45. The largest absolute Gasteiger partial charge is 0.452 e. The van der Waals surface area contributed by atoms with Crippen LogP contribution in [0, 0.1) is 0 Å². The highest BCUT2D eigenvalue weighted by Crippen LogP contribution is 2.28. The van der Waals surface area contributed by atoms with E-state index in [1.165, 1.54) is 7.11 Å². The summed E-state index contributed by atoms with van der Waals surface area (Å²) in [7, 11) is 1.49. The Morgan fingerprint density at radius 2 is 1.77 bits per heavy atom. The van der Waals surface area contributed by atoms with Gasteiger partial charge in [-0.3, -0.25) is 10.1 Å². The number of carbonyl (C=O) groups excluding carboxylic acids is 3. The number of methoxy groups -OCH3 is 1. The van der Waals surface area contributed by atoms with Gasteiger partial charge in [0.1, 0.15) is 0 Å². The second-order valence-electron chi connectivity index (χ2n) is 6.31. The third kappa shape index (κ3) is 6.00. The smallest absolute Gasteiger partial charge is 0.339 e. The van der Waals surface area contributed by atoms with Crippen LogP contribution in [-0.2, 0) is 14.3 Å². The number of imide groups is 1. The lowest BCUT2D eigenvalue weighted by Gasteiger charge is -2.08. The molecule has 1 heterocycles. The molecule has 0 saturated carbocycles. The molecule has 0 radical (unpaired) electrons. The molecule has 160 valence electrons. The van der Waals surface area contributed by atoms with Gasteiger partial charge < -0.3 is 19.2 Å². The van der Waals surface area contributed by atoms with Crippen LogP contribution in [0.1, 0.15) is 10.4 Å².